The molecule has 9 nitrogen and oxygen atoms in total. The van der Waals surface area contributed by atoms with Crippen LogP contribution in [0.4, 0.5) is 10.2 Å². The SMILES string of the molecule is CCOc1nc(N)c2nc(O)n(Cc3ccc(CN4CCC(N)CC4)cc3F)c2n1. The highest BCUT2D eigenvalue weighted by Gasteiger charge is 2.19. The molecule has 1 saturated heterocycles. The molecule has 0 saturated carbocycles. The lowest BCUT2D eigenvalue weighted by atomic mass is 10.0. The van der Waals surface area contributed by atoms with Gasteiger partial charge in [0.05, 0.1) is 13.2 Å². The van der Waals surface area contributed by atoms with Crippen molar-refractivity contribution in [2.45, 2.75) is 38.9 Å². The molecular weight excluding hydrogens is 389 g/mol. The summed E-state index contributed by atoms with van der Waals surface area (Å²) in [5.41, 5.74) is 13.7. The van der Waals surface area contributed by atoms with Crippen molar-refractivity contribution in [1.82, 2.24) is 24.4 Å². The van der Waals surface area contributed by atoms with Gasteiger partial charge in [-0.1, -0.05) is 12.1 Å². The van der Waals surface area contributed by atoms with E-state index in [4.69, 9.17) is 16.2 Å². The maximum atomic E-state index is 14.8. The van der Waals surface area contributed by atoms with Crippen molar-refractivity contribution in [3.63, 3.8) is 0 Å². The molecule has 0 radical (unpaired) electrons. The van der Waals surface area contributed by atoms with Gasteiger partial charge < -0.3 is 21.3 Å². The molecule has 30 heavy (non-hydrogen) atoms. The number of nitrogens with two attached hydrogens (primary N) is 2. The van der Waals surface area contributed by atoms with Crippen LogP contribution in [-0.2, 0) is 13.1 Å². The third-order valence-corrected chi connectivity index (χ3v) is 5.34. The van der Waals surface area contributed by atoms with Crippen molar-refractivity contribution in [3.05, 3.63) is 35.1 Å². The van der Waals surface area contributed by atoms with Crippen LogP contribution in [0.5, 0.6) is 12.0 Å². The minimum absolute atomic E-state index is 0.0506. The summed E-state index contributed by atoms with van der Waals surface area (Å²) in [6.45, 7) is 4.74. The second-order valence-corrected chi connectivity index (χ2v) is 7.53. The van der Waals surface area contributed by atoms with Crippen molar-refractivity contribution in [2.24, 2.45) is 5.73 Å². The molecule has 0 amide bonds. The lowest BCUT2D eigenvalue weighted by Crippen LogP contribution is -2.39. The summed E-state index contributed by atoms with van der Waals surface area (Å²) < 4.78 is 21.5. The number of benzene rings is 1. The molecule has 1 aromatic carbocycles. The molecule has 10 heteroatoms. The maximum Gasteiger partial charge on any atom is 0.320 e. The Morgan fingerprint density at radius 2 is 1.97 bits per heavy atom. The van der Waals surface area contributed by atoms with E-state index in [1.54, 1.807) is 13.0 Å². The standard InChI is InChI=1S/C20H26FN7O2/c1-2-30-19-25-17(23)16-18(26-19)28(20(29)24-16)11-13-4-3-12(9-15(13)21)10-27-7-5-14(22)6-8-27/h3-4,9,14H,2,5-8,10-11,22H2,1H3,(H,24,29)(H2,23,25,26). The van der Waals surface area contributed by atoms with Crippen LogP contribution in [0.2, 0.25) is 0 Å². The normalized spacial score (nSPS) is 15.7. The van der Waals surface area contributed by atoms with E-state index < -0.39 is 0 Å². The highest BCUT2D eigenvalue weighted by Crippen LogP contribution is 2.26. The molecular formula is C20H26FN7O2. The minimum Gasteiger partial charge on any atom is -0.480 e. The number of aromatic hydroxyl groups is 1. The Balaban J connectivity index is 1.57. The number of rotatable bonds is 6. The number of ether oxygens (including phenoxy) is 1. The van der Waals surface area contributed by atoms with E-state index in [9.17, 15) is 9.50 Å². The van der Waals surface area contributed by atoms with Gasteiger partial charge >= 0.3 is 6.01 Å². The van der Waals surface area contributed by atoms with Crippen molar-refractivity contribution >= 4 is 17.0 Å². The Kier molecular flexibility index (Phi) is 5.69. The van der Waals surface area contributed by atoms with Gasteiger partial charge in [0.1, 0.15) is 5.82 Å². The summed E-state index contributed by atoms with van der Waals surface area (Å²) in [7, 11) is 0. The van der Waals surface area contributed by atoms with Crippen LogP contribution in [0.15, 0.2) is 18.2 Å². The van der Waals surface area contributed by atoms with E-state index in [0.717, 1.165) is 31.5 Å². The molecule has 0 spiro atoms. The molecule has 1 aliphatic heterocycles. The summed E-state index contributed by atoms with van der Waals surface area (Å²) in [6.07, 6.45) is 1.92. The number of hydrogen-bond donors (Lipinski definition) is 3. The molecule has 1 aliphatic rings. The van der Waals surface area contributed by atoms with E-state index >= 15 is 0 Å². The number of piperidine rings is 1. The molecule has 0 aliphatic carbocycles. The summed E-state index contributed by atoms with van der Waals surface area (Å²) in [4.78, 5) is 14.6. The first-order valence-electron chi connectivity index (χ1n) is 10.0. The van der Waals surface area contributed by atoms with E-state index in [2.05, 4.69) is 19.9 Å². The third kappa shape index (κ3) is 4.14. The maximum absolute atomic E-state index is 14.8. The Bertz CT molecular complexity index is 1050. The number of aromatic nitrogens is 4. The Morgan fingerprint density at radius 3 is 2.67 bits per heavy atom. The van der Waals surface area contributed by atoms with Gasteiger partial charge in [-0.25, -0.2) is 4.39 Å². The molecule has 0 unspecified atom stereocenters. The summed E-state index contributed by atoms with van der Waals surface area (Å²) in [6, 6.07) is 5.19. The number of halogens is 1. The molecule has 2 aromatic heterocycles. The highest BCUT2D eigenvalue weighted by atomic mass is 19.1. The number of likely N-dealkylation sites (tertiary alicyclic amines) is 1. The molecule has 3 heterocycles. The molecule has 5 N–H and O–H groups in total. The minimum atomic E-state index is -0.352. The van der Waals surface area contributed by atoms with Gasteiger partial charge in [-0.2, -0.15) is 15.0 Å². The molecule has 0 bridgehead atoms. The lowest BCUT2D eigenvalue weighted by Gasteiger charge is -2.30. The van der Waals surface area contributed by atoms with Crippen molar-refractivity contribution in [1.29, 1.82) is 0 Å². The fourth-order valence-corrected chi connectivity index (χ4v) is 3.69. The van der Waals surface area contributed by atoms with Gasteiger partial charge in [0.25, 0.3) is 6.01 Å². The third-order valence-electron chi connectivity index (χ3n) is 5.34. The summed E-state index contributed by atoms with van der Waals surface area (Å²) >= 11 is 0. The number of hydrogen-bond acceptors (Lipinski definition) is 8. The Morgan fingerprint density at radius 1 is 1.20 bits per heavy atom. The monoisotopic (exact) mass is 415 g/mol. The predicted molar refractivity (Wildman–Crippen MR) is 111 cm³/mol. The van der Waals surface area contributed by atoms with Crippen molar-refractivity contribution < 1.29 is 14.2 Å². The molecule has 3 aromatic rings. The van der Waals surface area contributed by atoms with E-state index in [0.29, 0.717) is 18.7 Å². The van der Waals surface area contributed by atoms with Crippen LogP contribution < -0.4 is 16.2 Å². The van der Waals surface area contributed by atoms with Crippen LogP contribution in [0.25, 0.3) is 11.2 Å². The second-order valence-electron chi connectivity index (χ2n) is 7.53. The number of nitrogens with zero attached hydrogens (tertiary/aromatic N) is 5. The van der Waals surface area contributed by atoms with Crippen LogP contribution >= 0.6 is 0 Å². The van der Waals surface area contributed by atoms with Crippen LogP contribution in [-0.4, -0.2) is 55.3 Å². The zero-order valence-corrected chi connectivity index (χ0v) is 16.9. The van der Waals surface area contributed by atoms with E-state index in [1.165, 1.54) is 10.6 Å². The number of anilines is 1. The van der Waals surface area contributed by atoms with Gasteiger partial charge in [-0.15, -0.1) is 0 Å². The lowest BCUT2D eigenvalue weighted by molar-refractivity contribution is 0.205. The molecule has 4 rings (SSSR count). The summed E-state index contributed by atoms with van der Waals surface area (Å²) in [5.74, 6) is -0.260. The fourth-order valence-electron chi connectivity index (χ4n) is 3.69. The first-order chi connectivity index (χ1) is 14.4. The molecule has 1 fully saturated rings. The average Bonchev–Trinajstić information content (AvgIpc) is 3.02. The molecule has 160 valence electrons. The van der Waals surface area contributed by atoms with Gasteiger partial charge in [0.15, 0.2) is 17.0 Å². The average molecular weight is 415 g/mol. The number of imidazole rings is 1. The van der Waals surface area contributed by atoms with Gasteiger partial charge in [0.2, 0.25) is 0 Å². The molecule has 0 atom stereocenters. The van der Waals surface area contributed by atoms with Crippen LogP contribution in [0.1, 0.15) is 30.9 Å². The van der Waals surface area contributed by atoms with Gasteiger partial charge in [0, 0.05) is 18.2 Å². The van der Waals surface area contributed by atoms with Crippen molar-refractivity contribution in [3.8, 4) is 12.0 Å². The predicted octanol–water partition coefficient (Wildman–Crippen LogP) is 1.62. The van der Waals surface area contributed by atoms with Crippen molar-refractivity contribution in [2.75, 3.05) is 25.4 Å². The topological polar surface area (TPSA) is 128 Å². The second kappa shape index (κ2) is 8.41. The van der Waals surface area contributed by atoms with E-state index in [1.807, 2.05) is 6.07 Å². The van der Waals surface area contributed by atoms with Gasteiger partial charge in [-0.3, -0.25) is 9.47 Å². The number of fused-ring (bicyclic) bond motifs is 1. The smallest absolute Gasteiger partial charge is 0.320 e. The van der Waals surface area contributed by atoms with Crippen LogP contribution in [0, 0.1) is 5.82 Å². The fraction of sp³-hybridized carbons (Fsp3) is 0.450. The first kappa shape index (κ1) is 20.3. The Hall–Kier alpha value is -2.98. The zero-order valence-electron chi connectivity index (χ0n) is 16.9. The quantitative estimate of drug-likeness (QED) is 0.554. The van der Waals surface area contributed by atoms with E-state index in [-0.39, 0.29) is 47.4 Å². The van der Waals surface area contributed by atoms with Gasteiger partial charge in [-0.05, 0) is 44.5 Å². The highest BCUT2D eigenvalue weighted by molar-refractivity contribution is 5.83. The number of nitrogen functional groups attached to an aromatic ring is 1. The largest absolute Gasteiger partial charge is 0.480 e. The summed E-state index contributed by atoms with van der Waals surface area (Å²) in [5, 5.41) is 10.3. The Labute approximate surface area is 173 Å². The first-order valence-corrected chi connectivity index (χ1v) is 10.0. The zero-order chi connectivity index (χ0) is 21.3. The van der Waals surface area contributed by atoms with Crippen LogP contribution in [0.3, 0.4) is 0 Å².